The Balaban J connectivity index is 3.85. The summed E-state index contributed by atoms with van der Waals surface area (Å²) in [7, 11) is 0. The van der Waals surface area contributed by atoms with Crippen molar-refractivity contribution in [1.82, 2.24) is 0 Å². The summed E-state index contributed by atoms with van der Waals surface area (Å²) in [6.45, 7) is 15.7. The van der Waals surface area contributed by atoms with Gasteiger partial charge < -0.3 is 0 Å². The van der Waals surface area contributed by atoms with E-state index in [4.69, 9.17) is 8.56 Å². The molecule has 0 radical (unpaired) electrons. The average Bonchev–Trinajstić information content (AvgIpc) is 2.26. The predicted molar refractivity (Wildman–Crippen MR) is 82.0 cm³/mol. The van der Waals surface area contributed by atoms with Crippen LogP contribution in [0, 0.1) is 17.8 Å². The molecular formula is C15H33InO3. The van der Waals surface area contributed by atoms with Gasteiger partial charge in [0.1, 0.15) is 0 Å². The zero-order valence-corrected chi connectivity index (χ0v) is 17.1. The first-order valence-electron chi connectivity index (χ1n) is 7.76. The first-order chi connectivity index (χ1) is 8.91. The van der Waals surface area contributed by atoms with Crippen molar-refractivity contribution in [3.8, 4) is 0 Å². The van der Waals surface area contributed by atoms with Gasteiger partial charge in [-0.05, 0) is 0 Å². The Bertz CT molecular complexity index is 163. The molecule has 0 rings (SSSR count). The zero-order chi connectivity index (χ0) is 14.7. The summed E-state index contributed by atoms with van der Waals surface area (Å²) >= 11 is -2.64. The molecule has 0 saturated heterocycles. The van der Waals surface area contributed by atoms with Gasteiger partial charge in [-0.1, -0.05) is 0 Å². The first-order valence-corrected chi connectivity index (χ1v) is 11.8. The molecule has 0 heterocycles. The van der Waals surface area contributed by atoms with Crippen molar-refractivity contribution >= 4 is 22.7 Å². The van der Waals surface area contributed by atoms with Crippen molar-refractivity contribution in [2.24, 2.45) is 17.8 Å². The molecule has 0 spiro atoms. The topological polar surface area (TPSA) is 27.7 Å². The van der Waals surface area contributed by atoms with Gasteiger partial charge in [-0.25, -0.2) is 0 Å². The van der Waals surface area contributed by atoms with Crippen LogP contribution in [-0.4, -0.2) is 42.6 Å². The molecule has 4 heteroatoms. The molecule has 0 N–H and O–H groups in total. The summed E-state index contributed by atoms with van der Waals surface area (Å²) in [5, 5.41) is 0. The third-order valence-corrected chi connectivity index (χ3v) is 7.20. The van der Waals surface area contributed by atoms with Crippen LogP contribution < -0.4 is 0 Å². The molecule has 0 amide bonds. The Hall–Kier alpha value is 0.750. The molecule has 0 bridgehead atoms. The Morgan fingerprint density at radius 2 is 0.842 bits per heavy atom. The minimum atomic E-state index is -2.64. The van der Waals surface area contributed by atoms with E-state index in [1.165, 1.54) is 0 Å². The molecule has 0 fully saturated rings. The van der Waals surface area contributed by atoms with Crippen molar-refractivity contribution in [3.63, 3.8) is 0 Å². The number of rotatable bonds is 12. The molecule has 114 valence electrons. The van der Waals surface area contributed by atoms with E-state index in [-0.39, 0.29) is 0 Å². The Morgan fingerprint density at radius 1 is 0.579 bits per heavy atom. The first kappa shape index (κ1) is 19.8. The minimum absolute atomic E-state index is 0.679. The second kappa shape index (κ2) is 12.5. The molecule has 0 aliphatic carbocycles. The molecular weight excluding hydrogens is 343 g/mol. The van der Waals surface area contributed by atoms with Crippen molar-refractivity contribution < 1.29 is 8.56 Å². The predicted octanol–water partition coefficient (Wildman–Crippen LogP) is 4.16. The molecule has 0 aliphatic heterocycles. The third-order valence-electron chi connectivity index (χ3n) is 2.85. The van der Waals surface area contributed by atoms with Crippen molar-refractivity contribution in [2.45, 2.75) is 60.8 Å². The van der Waals surface area contributed by atoms with Crippen LogP contribution in [0.4, 0.5) is 0 Å². The Kier molecular flexibility index (Phi) is 13.0. The monoisotopic (exact) mass is 376 g/mol. The van der Waals surface area contributed by atoms with E-state index < -0.39 is 22.7 Å². The van der Waals surface area contributed by atoms with Crippen LogP contribution in [0.1, 0.15) is 60.8 Å². The van der Waals surface area contributed by atoms with Crippen LogP contribution in [0.2, 0.25) is 0 Å². The van der Waals surface area contributed by atoms with Crippen LogP contribution in [0.25, 0.3) is 0 Å². The number of hydrogen-bond acceptors (Lipinski definition) is 3. The molecule has 0 atom stereocenters. The van der Waals surface area contributed by atoms with E-state index in [0.717, 1.165) is 39.1 Å². The van der Waals surface area contributed by atoms with Crippen LogP contribution in [0.5, 0.6) is 0 Å². The van der Waals surface area contributed by atoms with E-state index in [0.29, 0.717) is 17.8 Å². The van der Waals surface area contributed by atoms with Gasteiger partial charge in [0.05, 0.1) is 0 Å². The standard InChI is InChI=1S/3C5H11O.In/c3*1-5(2)3-4-6;/h3*5H,3-4H2,1-2H3;/q3*-1;+3. The SMILES string of the molecule is CC(C)CC[O][In]([O]CCC(C)C)[O]CCC(C)C. The fraction of sp³-hybridized carbons (Fsp3) is 1.00. The van der Waals surface area contributed by atoms with Gasteiger partial charge in [0, 0.05) is 0 Å². The van der Waals surface area contributed by atoms with Crippen LogP contribution in [0.3, 0.4) is 0 Å². The van der Waals surface area contributed by atoms with Crippen molar-refractivity contribution in [1.29, 1.82) is 0 Å². The molecule has 0 unspecified atom stereocenters. The second-order valence-corrected chi connectivity index (χ2v) is 11.0. The average molecular weight is 376 g/mol. The summed E-state index contributed by atoms with van der Waals surface area (Å²) < 4.78 is 17.6. The van der Waals surface area contributed by atoms with Gasteiger partial charge >= 0.3 is 130 Å². The molecule has 0 aromatic rings. The molecule has 0 saturated carbocycles. The molecule has 0 aliphatic rings. The van der Waals surface area contributed by atoms with E-state index in [9.17, 15) is 0 Å². The van der Waals surface area contributed by atoms with Crippen molar-refractivity contribution in [3.05, 3.63) is 0 Å². The van der Waals surface area contributed by atoms with Gasteiger partial charge in [-0.15, -0.1) is 0 Å². The van der Waals surface area contributed by atoms with Crippen LogP contribution >= 0.6 is 0 Å². The van der Waals surface area contributed by atoms with Gasteiger partial charge in [-0.2, -0.15) is 0 Å². The van der Waals surface area contributed by atoms with Gasteiger partial charge in [-0.3, -0.25) is 0 Å². The van der Waals surface area contributed by atoms with Gasteiger partial charge in [0.25, 0.3) is 0 Å². The van der Waals surface area contributed by atoms with Gasteiger partial charge in [0.2, 0.25) is 0 Å². The van der Waals surface area contributed by atoms with Crippen LogP contribution in [0.15, 0.2) is 0 Å². The van der Waals surface area contributed by atoms with Crippen molar-refractivity contribution in [2.75, 3.05) is 19.8 Å². The summed E-state index contributed by atoms with van der Waals surface area (Å²) in [5.74, 6) is 2.04. The summed E-state index contributed by atoms with van der Waals surface area (Å²) in [5.41, 5.74) is 0. The Labute approximate surface area is 129 Å². The molecule has 0 aromatic heterocycles. The number of hydrogen-bond donors (Lipinski definition) is 0. The van der Waals surface area contributed by atoms with E-state index in [1.54, 1.807) is 0 Å². The second-order valence-electron chi connectivity index (χ2n) is 6.45. The fourth-order valence-corrected chi connectivity index (χ4v) is 4.98. The summed E-state index contributed by atoms with van der Waals surface area (Å²) in [6, 6.07) is 0. The fourth-order valence-electron chi connectivity index (χ4n) is 1.34. The molecule has 19 heavy (non-hydrogen) atoms. The van der Waals surface area contributed by atoms with E-state index in [2.05, 4.69) is 41.5 Å². The summed E-state index contributed by atoms with van der Waals surface area (Å²) in [6.07, 6.45) is 3.28. The zero-order valence-electron chi connectivity index (χ0n) is 13.8. The maximum atomic E-state index is 5.88. The van der Waals surface area contributed by atoms with E-state index in [1.807, 2.05) is 0 Å². The maximum absolute atomic E-state index is 5.88. The normalized spacial score (nSPS) is 11.8. The summed E-state index contributed by atoms with van der Waals surface area (Å²) in [4.78, 5) is 0. The van der Waals surface area contributed by atoms with Gasteiger partial charge in [0.15, 0.2) is 0 Å². The van der Waals surface area contributed by atoms with Crippen LogP contribution in [-0.2, 0) is 8.56 Å². The Morgan fingerprint density at radius 3 is 1.05 bits per heavy atom. The third kappa shape index (κ3) is 15.0. The quantitative estimate of drug-likeness (QED) is 0.512. The van der Waals surface area contributed by atoms with E-state index >= 15 is 0 Å². The molecule has 0 aromatic carbocycles. The molecule has 3 nitrogen and oxygen atoms in total.